The van der Waals surface area contributed by atoms with Crippen molar-refractivity contribution < 1.29 is 4.39 Å². The van der Waals surface area contributed by atoms with E-state index in [-0.39, 0.29) is 11.9 Å². The molecule has 1 aliphatic carbocycles. The maximum Gasteiger partial charge on any atom is 0.126 e. The molecule has 2 nitrogen and oxygen atoms in total. The zero-order valence-electron chi connectivity index (χ0n) is 11.6. The summed E-state index contributed by atoms with van der Waals surface area (Å²) < 4.78 is 13.7. The molecule has 1 aromatic carbocycles. The van der Waals surface area contributed by atoms with Crippen LogP contribution in [-0.4, -0.2) is 11.0 Å². The number of pyridine rings is 1. The van der Waals surface area contributed by atoms with Crippen molar-refractivity contribution in [3.05, 3.63) is 65.7 Å². The SMILES string of the molecule is CC(NC1CC(c2ccccc2F)C1)c1ccccn1. The first kappa shape index (κ1) is 13.3. The topological polar surface area (TPSA) is 24.9 Å². The third kappa shape index (κ3) is 2.73. The molecule has 1 heterocycles. The fraction of sp³-hybridized carbons (Fsp3) is 0.353. The molecule has 2 aromatic rings. The Kier molecular flexibility index (Phi) is 3.79. The summed E-state index contributed by atoms with van der Waals surface area (Å²) in [5, 5.41) is 3.57. The average molecular weight is 270 g/mol. The van der Waals surface area contributed by atoms with Gasteiger partial charge in [-0.15, -0.1) is 0 Å². The van der Waals surface area contributed by atoms with Crippen molar-refractivity contribution in [1.29, 1.82) is 0 Å². The smallest absolute Gasteiger partial charge is 0.126 e. The number of nitrogens with zero attached hydrogens (tertiary/aromatic N) is 1. The molecule has 1 fully saturated rings. The van der Waals surface area contributed by atoms with E-state index in [4.69, 9.17) is 0 Å². The van der Waals surface area contributed by atoms with Gasteiger partial charge in [0.2, 0.25) is 0 Å². The molecular formula is C17H19FN2. The molecule has 3 rings (SSSR count). The van der Waals surface area contributed by atoms with Crippen LogP contribution in [0.15, 0.2) is 48.7 Å². The highest BCUT2D eigenvalue weighted by Gasteiger charge is 2.32. The van der Waals surface area contributed by atoms with Crippen LogP contribution in [0.3, 0.4) is 0 Å². The Hall–Kier alpha value is -1.74. The largest absolute Gasteiger partial charge is 0.306 e. The van der Waals surface area contributed by atoms with Crippen molar-refractivity contribution in [2.45, 2.75) is 37.8 Å². The van der Waals surface area contributed by atoms with Crippen molar-refractivity contribution in [2.75, 3.05) is 0 Å². The highest BCUT2D eigenvalue weighted by molar-refractivity contribution is 5.25. The maximum absolute atomic E-state index is 13.7. The van der Waals surface area contributed by atoms with Gasteiger partial charge in [0, 0.05) is 18.3 Å². The molecule has 0 bridgehead atoms. The summed E-state index contributed by atoms with van der Waals surface area (Å²) in [5.74, 6) is 0.276. The lowest BCUT2D eigenvalue weighted by atomic mass is 9.75. The number of aromatic nitrogens is 1. The first-order chi connectivity index (χ1) is 9.74. The first-order valence-electron chi connectivity index (χ1n) is 7.15. The number of hydrogen-bond acceptors (Lipinski definition) is 2. The van der Waals surface area contributed by atoms with E-state index in [2.05, 4.69) is 17.2 Å². The zero-order valence-corrected chi connectivity index (χ0v) is 11.6. The monoisotopic (exact) mass is 270 g/mol. The molecule has 1 atom stereocenters. The molecule has 1 aliphatic rings. The molecule has 0 spiro atoms. The lowest BCUT2D eigenvalue weighted by Gasteiger charge is -2.38. The normalized spacial score (nSPS) is 23.1. The standard InChI is InChI=1S/C17H19FN2/c1-12(17-8-4-5-9-19-17)20-14-10-13(11-14)15-6-2-3-7-16(15)18/h2-9,12-14,20H,10-11H2,1H3. The number of nitrogens with one attached hydrogen (secondary N) is 1. The van der Waals surface area contributed by atoms with E-state index in [9.17, 15) is 4.39 Å². The Labute approximate surface area is 119 Å². The molecule has 0 amide bonds. The molecule has 3 heteroatoms. The van der Waals surface area contributed by atoms with Gasteiger partial charge in [-0.25, -0.2) is 4.39 Å². The fourth-order valence-corrected chi connectivity index (χ4v) is 2.89. The molecular weight excluding hydrogens is 251 g/mol. The molecule has 1 aromatic heterocycles. The van der Waals surface area contributed by atoms with E-state index < -0.39 is 0 Å². The lowest BCUT2D eigenvalue weighted by Crippen LogP contribution is -2.41. The van der Waals surface area contributed by atoms with E-state index in [0.29, 0.717) is 12.0 Å². The van der Waals surface area contributed by atoms with Crippen molar-refractivity contribution in [1.82, 2.24) is 10.3 Å². The Morgan fingerprint density at radius 2 is 1.90 bits per heavy atom. The highest BCUT2D eigenvalue weighted by Crippen LogP contribution is 2.38. The van der Waals surface area contributed by atoms with Crippen molar-refractivity contribution in [3.63, 3.8) is 0 Å². The summed E-state index contributed by atoms with van der Waals surface area (Å²) in [6.45, 7) is 2.12. The van der Waals surface area contributed by atoms with Gasteiger partial charge in [0.1, 0.15) is 5.82 Å². The summed E-state index contributed by atoms with van der Waals surface area (Å²) in [7, 11) is 0. The second-order valence-corrected chi connectivity index (χ2v) is 5.53. The number of benzene rings is 1. The first-order valence-corrected chi connectivity index (χ1v) is 7.15. The fourth-order valence-electron chi connectivity index (χ4n) is 2.89. The van der Waals surface area contributed by atoms with Crippen LogP contribution in [0.1, 0.15) is 43.0 Å². The van der Waals surface area contributed by atoms with E-state index in [0.717, 1.165) is 24.1 Å². The van der Waals surface area contributed by atoms with Gasteiger partial charge in [-0.3, -0.25) is 4.98 Å². The minimum atomic E-state index is -0.0753. The predicted octanol–water partition coefficient (Wildman–Crippen LogP) is 3.82. The van der Waals surface area contributed by atoms with Gasteiger partial charge in [0.05, 0.1) is 5.69 Å². The van der Waals surface area contributed by atoms with Gasteiger partial charge in [0.15, 0.2) is 0 Å². The van der Waals surface area contributed by atoms with Gasteiger partial charge in [-0.05, 0) is 49.4 Å². The van der Waals surface area contributed by atoms with Crippen LogP contribution in [0.25, 0.3) is 0 Å². The summed E-state index contributed by atoms with van der Waals surface area (Å²) in [4.78, 5) is 4.36. The van der Waals surface area contributed by atoms with Crippen molar-refractivity contribution in [3.8, 4) is 0 Å². The number of rotatable bonds is 4. The second kappa shape index (κ2) is 5.71. The van der Waals surface area contributed by atoms with Crippen LogP contribution in [0.4, 0.5) is 4.39 Å². The van der Waals surface area contributed by atoms with Gasteiger partial charge < -0.3 is 5.32 Å². The molecule has 1 N–H and O–H groups in total. The van der Waals surface area contributed by atoms with Gasteiger partial charge in [-0.1, -0.05) is 24.3 Å². The second-order valence-electron chi connectivity index (χ2n) is 5.53. The third-order valence-corrected chi connectivity index (χ3v) is 4.10. The third-order valence-electron chi connectivity index (χ3n) is 4.10. The molecule has 0 radical (unpaired) electrons. The maximum atomic E-state index is 13.7. The predicted molar refractivity (Wildman–Crippen MR) is 78.0 cm³/mol. The average Bonchev–Trinajstić information content (AvgIpc) is 2.44. The molecule has 104 valence electrons. The molecule has 1 unspecified atom stereocenters. The number of halogens is 1. The Morgan fingerprint density at radius 1 is 1.15 bits per heavy atom. The molecule has 1 saturated carbocycles. The van der Waals surface area contributed by atoms with Crippen LogP contribution >= 0.6 is 0 Å². The van der Waals surface area contributed by atoms with Crippen molar-refractivity contribution >= 4 is 0 Å². The number of hydrogen-bond donors (Lipinski definition) is 1. The van der Waals surface area contributed by atoms with Gasteiger partial charge in [0.25, 0.3) is 0 Å². The molecule has 0 aliphatic heterocycles. The van der Waals surface area contributed by atoms with E-state index in [1.165, 1.54) is 0 Å². The van der Waals surface area contributed by atoms with Gasteiger partial charge in [-0.2, -0.15) is 0 Å². The van der Waals surface area contributed by atoms with Crippen LogP contribution in [0.2, 0.25) is 0 Å². The van der Waals surface area contributed by atoms with Crippen LogP contribution < -0.4 is 5.32 Å². The van der Waals surface area contributed by atoms with Crippen LogP contribution in [-0.2, 0) is 0 Å². The minimum absolute atomic E-state index is 0.0753. The minimum Gasteiger partial charge on any atom is -0.306 e. The van der Waals surface area contributed by atoms with Gasteiger partial charge >= 0.3 is 0 Å². The summed E-state index contributed by atoms with van der Waals surface area (Å²) in [6, 6.07) is 13.8. The summed E-state index contributed by atoms with van der Waals surface area (Å²) >= 11 is 0. The Balaban J connectivity index is 1.55. The Morgan fingerprint density at radius 3 is 2.60 bits per heavy atom. The van der Waals surface area contributed by atoms with E-state index in [1.807, 2.05) is 36.5 Å². The van der Waals surface area contributed by atoms with Crippen molar-refractivity contribution in [2.24, 2.45) is 0 Å². The molecule has 0 saturated heterocycles. The Bertz CT molecular complexity index is 564. The highest BCUT2D eigenvalue weighted by atomic mass is 19.1. The van der Waals surface area contributed by atoms with Crippen LogP contribution in [0, 0.1) is 5.82 Å². The quantitative estimate of drug-likeness (QED) is 0.913. The zero-order chi connectivity index (χ0) is 13.9. The summed E-state index contributed by atoms with van der Waals surface area (Å²) in [5.41, 5.74) is 1.91. The molecule has 20 heavy (non-hydrogen) atoms. The van der Waals surface area contributed by atoms with Crippen LogP contribution in [0.5, 0.6) is 0 Å². The van der Waals surface area contributed by atoms with E-state index in [1.54, 1.807) is 12.1 Å². The summed E-state index contributed by atoms with van der Waals surface area (Å²) in [6.07, 6.45) is 3.81. The van der Waals surface area contributed by atoms with E-state index >= 15 is 0 Å². The lowest BCUT2D eigenvalue weighted by molar-refractivity contribution is 0.265.